The Labute approximate surface area is 101 Å². The molecule has 2 rings (SSSR count). The molecule has 1 fully saturated rings. The maximum absolute atomic E-state index is 11.9. The van der Waals surface area contributed by atoms with E-state index in [0.717, 1.165) is 38.4 Å². The molecule has 0 spiro atoms. The molecule has 0 bridgehead atoms. The van der Waals surface area contributed by atoms with Crippen LogP contribution in [-0.2, 0) is 22.5 Å². The molecule has 1 unspecified atom stereocenters. The van der Waals surface area contributed by atoms with Gasteiger partial charge in [0.15, 0.2) is 0 Å². The molecule has 1 atom stereocenters. The number of ketones is 1. The van der Waals surface area contributed by atoms with Gasteiger partial charge in [0, 0.05) is 26.2 Å². The Bertz CT molecular complexity index is 370. The first-order chi connectivity index (χ1) is 8.29. The first kappa shape index (κ1) is 12.2. The lowest BCUT2D eigenvalue weighted by Crippen LogP contribution is -2.14. The number of carbonyl (C=O) groups excluding carboxylic acids is 1. The van der Waals surface area contributed by atoms with Gasteiger partial charge in [-0.2, -0.15) is 5.10 Å². The van der Waals surface area contributed by atoms with Crippen LogP contribution in [0.25, 0.3) is 0 Å². The molecule has 1 aliphatic heterocycles. The number of carbonyl (C=O) groups is 1. The monoisotopic (exact) mass is 237 g/mol. The highest BCUT2D eigenvalue weighted by Gasteiger charge is 2.20. The minimum atomic E-state index is 0.242. The van der Waals surface area contributed by atoms with Crippen molar-refractivity contribution in [1.29, 1.82) is 0 Å². The van der Waals surface area contributed by atoms with Crippen molar-refractivity contribution < 1.29 is 9.53 Å². The summed E-state index contributed by atoms with van der Waals surface area (Å²) in [6.07, 6.45) is 4.54. The molecule has 1 aliphatic rings. The number of ether oxygens (including phenoxy) is 1. The van der Waals surface area contributed by atoms with Gasteiger partial charge < -0.3 is 4.74 Å². The van der Waals surface area contributed by atoms with Crippen LogP contribution < -0.4 is 0 Å². The first-order valence-corrected chi connectivity index (χ1v) is 6.25. The van der Waals surface area contributed by atoms with Crippen molar-refractivity contribution in [3.63, 3.8) is 0 Å². The van der Waals surface area contributed by atoms with Crippen molar-refractivity contribution in [2.24, 2.45) is 5.92 Å². The molecule has 5 nitrogen and oxygen atoms in total. The van der Waals surface area contributed by atoms with Crippen LogP contribution in [0, 0.1) is 5.92 Å². The predicted molar refractivity (Wildman–Crippen MR) is 62.6 cm³/mol. The summed E-state index contributed by atoms with van der Waals surface area (Å²) < 4.78 is 7.09. The highest BCUT2D eigenvalue weighted by Crippen LogP contribution is 2.17. The number of hydrogen-bond acceptors (Lipinski definition) is 4. The van der Waals surface area contributed by atoms with Crippen LogP contribution in [0.1, 0.15) is 32.0 Å². The molecule has 1 aromatic rings. The van der Waals surface area contributed by atoms with Crippen LogP contribution in [0.2, 0.25) is 0 Å². The highest BCUT2D eigenvalue weighted by atomic mass is 16.5. The average Bonchev–Trinajstić information content (AvgIpc) is 2.92. The zero-order valence-corrected chi connectivity index (χ0v) is 10.3. The molecule has 0 radical (unpaired) electrons. The van der Waals surface area contributed by atoms with Gasteiger partial charge >= 0.3 is 0 Å². The first-order valence-electron chi connectivity index (χ1n) is 6.25. The van der Waals surface area contributed by atoms with E-state index in [1.54, 1.807) is 0 Å². The molecule has 1 saturated heterocycles. The Morgan fingerprint density at radius 3 is 3.24 bits per heavy atom. The van der Waals surface area contributed by atoms with Crippen LogP contribution >= 0.6 is 0 Å². The molecule has 0 aromatic carbocycles. The summed E-state index contributed by atoms with van der Waals surface area (Å²) in [6, 6.07) is 0. The Balaban J connectivity index is 1.86. The lowest BCUT2D eigenvalue weighted by molar-refractivity contribution is -0.119. The van der Waals surface area contributed by atoms with E-state index in [0.29, 0.717) is 18.8 Å². The number of hydrogen-bond donors (Lipinski definition) is 0. The topological polar surface area (TPSA) is 57.0 Å². The van der Waals surface area contributed by atoms with Gasteiger partial charge in [-0.25, -0.2) is 9.67 Å². The second kappa shape index (κ2) is 5.91. The normalized spacial score (nSPS) is 19.7. The van der Waals surface area contributed by atoms with E-state index >= 15 is 0 Å². The summed E-state index contributed by atoms with van der Waals surface area (Å²) in [4.78, 5) is 16.0. The molecule has 1 aromatic heterocycles. The summed E-state index contributed by atoms with van der Waals surface area (Å²) in [6.45, 7) is 4.44. The molecule has 2 heterocycles. The summed E-state index contributed by atoms with van der Waals surface area (Å²) in [5.74, 6) is 1.44. The fourth-order valence-corrected chi connectivity index (χ4v) is 2.14. The van der Waals surface area contributed by atoms with E-state index in [9.17, 15) is 4.79 Å². The van der Waals surface area contributed by atoms with E-state index in [-0.39, 0.29) is 5.78 Å². The minimum Gasteiger partial charge on any atom is -0.381 e. The van der Waals surface area contributed by atoms with Gasteiger partial charge in [0.1, 0.15) is 17.9 Å². The SMILES string of the molecule is CCCn1ncnc1CC(=O)CC1CCOC1. The smallest absolute Gasteiger partial charge is 0.140 e. The van der Waals surface area contributed by atoms with Crippen LogP contribution in [0.15, 0.2) is 6.33 Å². The van der Waals surface area contributed by atoms with Crippen LogP contribution in [0.5, 0.6) is 0 Å². The van der Waals surface area contributed by atoms with Gasteiger partial charge in [-0.15, -0.1) is 0 Å². The Morgan fingerprint density at radius 2 is 2.53 bits per heavy atom. The number of aromatic nitrogens is 3. The van der Waals surface area contributed by atoms with Gasteiger partial charge in [0.05, 0.1) is 6.42 Å². The zero-order valence-electron chi connectivity index (χ0n) is 10.3. The molecule has 0 amide bonds. The second-order valence-electron chi connectivity index (χ2n) is 4.55. The molecule has 0 N–H and O–H groups in total. The van der Waals surface area contributed by atoms with Crippen molar-refractivity contribution in [3.05, 3.63) is 12.2 Å². The molecule has 0 aliphatic carbocycles. The third-order valence-electron chi connectivity index (χ3n) is 3.03. The Kier molecular flexibility index (Phi) is 4.25. The molecule has 94 valence electrons. The summed E-state index contributed by atoms with van der Waals surface area (Å²) in [5.41, 5.74) is 0. The van der Waals surface area contributed by atoms with Crippen molar-refractivity contribution in [2.45, 2.75) is 39.2 Å². The Morgan fingerprint density at radius 1 is 1.65 bits per heavy atom. The van der Waals surface area contributed by atoms with Crippen molar-refractivity contribution in [3.8, 4) is 0 Å². The number of nitrogens with zero attached hydrogens (tertiary/aromatic N) is 3. The maximum Gasteiger partial charge on any atom is 0.140 e. The quantitative estimate of drug-likeness (QED) is 0.746. The fraction of sp³-hybridized carbons (Fsp3) is 0.750. The molecule has 5 heteroatoms. The van der Waals surface area contributed by atoms with E-state index in [1.807, 2.05) is 4.68 Å². The maximum atomic E-state index is 11.9. The third kappa shape index (κ3) is 3.36. The zero-order chi connectivity index (χ0) is 12.1. The van der Waals surface area contributed by atoms with E-state index < -0.39 is 0 Å². The molecular formula is C12H19N3O2. The van der Waals surface area contributed by atoms with Gasteiger partial charge in [-0.05, 0) is 18.8 Å². The van der Waals surface area contributed by atoms with Crippen LogP contribution in [0.3, 0.4) is 0 Å². The highest BCUT2D eigenvalue weighted by molar-refractivity contribution is 5.80. The van der Waals surface area contributed by atoms with Crippen molar-refractivity contribution in [1.82, 2.24) is 14.8 Å². The Hall–Kier alpha value is -1.23. The average molecular weight is 237 g/mol. The lowest BCUT2D eigenvalue weighted by atomic mass is 10.0. The van der Waals surface area contributed by atoms with Gasteiger partial charge in [0.25, 0.3) is 0 Å². The summed E-state index contributed by atoms with van der Waals surface area (Å²) in [7, 11) is 0. The number of aryl methyl sites for hydroxylation is 1. The van der Waals surface area contributed by atoms with Gasteiger partial charge in [-0.1, -0.05) is 6.92 Å². The van der Waals surface area contributed by atoms with Gasteiger partial charge in [-0.3, -0.25) is 4.79 Å². The summed E-state index contributed by atoms with van der Waals surface area (Å²) in [5, 5.41) is 4.12. The van der Waals surface area contributed by atoms with E-state index in [4.69, 9.17) is 4.74 Å². The van der Waals surface area contributed by atoms with Crippen LogP contribution in [0.4, 0.5) is 0 Å². The minimum absolute atomic E-state index is 0.242. The van der Waals surface area contributed by atoms with Crippen molar-refractivity contribution in [2.75, 3.05) is 13.2 Å². The summed E-state index contributed by atoms with van der Waals surface area (Å²) >= 11 is 0. The van der Waals surface area contributed by atoms with Crippen LogP contribution in [-0.4, -0.2) is 33.8 Å². The van der Waals surface area contributed by atoms with E-state index in [1.165, 1.54) is 6.33 Å². The second-order valence-corrected chi connectivity index (χ2v) is 4.55. The largest absolute Gasteiger partial charge is 0.381 e. The molecule has 17 heavy (non-hydrogen) atoms. The lowest BCUT2D eigenvalue weighted by Gasteiger charge is -2.07. The molecule has 0 saturated carbocycles. The van der Waals surface area contributed by atoms with E-state index in [2.05, 4.69) is 17.0 Å². The fourth-order valence-electron chi connectivity index (χ4n) is 2.14. The molecular weight excluding hydrogens is 218 g/mol. The van der Waals surface area contributed by atoms with Gasteiger partial charge in [0.2, 0.25) is 0 Å². The third-order valence-corrected chi connectivity index (χ3v) is 3.03. The number of Topliss-reactive ketones (excluding diaryl/α,β-unsaturated/α-hetero) is 1. The standard InChI is InChI=1S/C12H19N3O2/c1-2-4-15-12(13-9-14-15)7-11(16)6-10-3-5-17-8-10/h9-10H,2-8H2,1H3. The van der Waals surface area contributed by atoms with Crippen molar-refractivity contribution >= 4 is 5.78 Å². The predicted octanol–water partition coefficient (Wildman–Crippen LogP) is 1.23. The number of rotatable bonds is 6.